The van der Waals surface area contributed by atoms with E-state index in [2.05, 4.69) is 32.0 Å². The van der Waals surface area contributed by atoms with Crippen LogP contribution in [0.5, 0.6) is 5.75 Å². The van der Waals surface area contributed by atoms with Crippen molar-refractivity contribution in [1.29, 1.82) is 0 Å². The number of likely N-dealkylation sites (N-methyl/N-ethyl adjacent to an activating group) is 1. The molecule has 1 amide bonds. The molecule has 0 bridgehead atoms. The number of carbonyl (C=O) groups is 1. The molecule has 1 saturated heterocycles. The Kier molecular flexibility index (Phi) is 6.33. The van der Waals surface area contributed by atoms with Crippen molar-refractivity contribution in [2.75, 3.05) is 43.4 Å². The number of primary amides is 1. The summed E-state index contributed by atoms with van der Waals surface area (Å²) < 4.78 is 45.0. The van der Waals surface area contributed by atoms with Crippen molar-refractivity contribution in [1.82, 2.24) is 14.5 Å². The second-order valence-corrected chi connectivity index (χ2v) is 8.15. The predicted molar refractivity (Wildman–Crippen MR) is 120 cm³/mol. The monoisotopic (exact) mass is 476 g/mol. The number of aromatic nitrogens is 3. The third kappa shape index (κ3) is 5.39. The van der Waals surface area contributed by atoms with E-state index < -0.39 is 12.3 Å². The number of benzene rings is 1. The number of halogens is 3. The minimum Gasteiger partial charge on any atom is -0.404 e. The molecule has 34 heavy (non-hydrogen) atoms. The molecule has 4 rings (SSSR count). The van der Waals surface area contributed by atoms with Crippen molar-refractivity contribution in [2.45, 2.75) is 6.36 Å². The smallest absolute Gasteiger partial charge is 0.404 e. The van der Waals surface area contributed by atoms with Crippen LogP contribution in [0.1, 0.15) is 10.4 Å². The summed E-state index contributed by atoms with van der Waals surface area (Å²) in [5, 5.41) is 2.86. The molecule has 1 aliphatic heterocycles. The van der Waals surface area contributed by atoms with Gasteiger partial charge in [0.15, 0.2) is 5.75 Å². The van der Waals surface area contributed by atoms with Gasteiger partial charge in [-0.1, -0.05) is 0 Å². The van der Waals surface area contributed by atoms with Gasteiger partial charge in [-0.2, -0.15) is 0 Å². The van der Waals surface area contributed by atoms with Gasteiger partial charge in [0.25, 0.3) is 0 Å². The lowest BCUT2D eigenvalue weighted by atomic mass is 10.2. The van der Waals surface area contributed by atoms with Gasteiger partial charge < -0.3 is 30.2 Å². The standard InChI is InChI=1S/C22H24F3N7O2/c1-30-7-9-32(10-8-30)15-3-4-19(34-22(23,24)25)17(12-15)29-21-27-6-5-16(28-21)18-11-14(20(26)33)13-31(18)2/h3-6,11-13H,7-10H2,1-2H3,(H2,26,33)(H,27,28,29)/p+1. The Bertz CT molecular complexity index is 1190. The molecule has 0 saturated carbocycles. The van der Waals surface area contributed by atoms with Crippen molar-refractivity contribution in [3.8, 4) is 17.1 Å². The zero-order valence-electron chi connectivity index (χ0n) is 18.7. The highest BCUT2D eigenvalue weighted by atomic mass is 19.4. The number of quaternary nitrogens is 1. The van der Waals surface area contributed by atoms with Crippen LogP contribution in [0.15, 0.2) is 42.7 Å². The van der Waals surface area contributed by atoms with Crippen LogP contribution in [0.3, 0.4) is 0 Å². The fourth-order valence-corrected chi connectivity index (χ4v) is 3.81. The number of nitrogens with one attached hydrogen (secondary N) is 2. The number of aryl methyl sites for hydroxylation is 1. The number of amides is 1. The number of carbonyl (C=O) groups excluding carboxylic acids is 1. The Balaban J connectivity index is 1.66. The highest BCUT2D eigenvalue weighted by Crippen LogP contribution is 2.35. The van der Waals surface area contributed by atoms with Crippen LogP contribution in [0, 0.1) is 0 Å². The van der Waals surface area contributed by atoms with Gasteiger partial charge >= 0.3 is 6.36 Å². The molecule has 0 unspecified atom stereocenters. The van der Waals surface area contributed by atoms with Gasteiger partial charge in [-0.25, -0.2) is 9.97 Å². The van der Waals surface area contributed by atoms with Crippen LogP contribution >= 0.6 is 0 Å². The van der Waals surface area contributed by atoms with Gasteiger partial charge in [0.05, 0.1) is 55.9 Å². The van der Waals surface area contributed by atoms with Crippen LogP contribution in [-0.2, 0) is 7.05 Å². The molecule has 0 radical (unpaired) electrons. The van der Waals surface area contributed by atoms with Gasteiger partial charge in [0, 0.05) is 25.1 Å². The fraction of sp³-hybridized carbons (Fsp3) is 0.318. The first-order chi connectivity index (χ1) is 16.1. The molecule has 12 heteroatoms. The lowest BCUT2D eigenvalue weighted by Crippen LogP contribution is -3.12. The van der Waals surface area contributed by atoms with E-state index in [1.54, 1.807) is 42.1 Å². The highest BCUT2D eigenvalue weighted by molar-refractivity contribution is 5.94. The van der Waals surface area contributed by atoms with Crippen molar-refractivity contribution in [3.63, 3.8) is 0 Å². The van der Waals surface area contributed by atoms with Crippen LogP contribution in [0.4, 0.5) is 30.5 Å². The van der Waals surface area contributed by atoms with E-state index in [-0.39, 0.29) is 17.4 Å². The number of hydrogen-bond acceptors (Lipinski definition) is 6. The van der Waals surface area contributed by atoms with Gasteiger partial charge in [0.1, 0.15) is 0 Å². The van der Waals surface area contributed by atoms with E-state index in [1.165, 1.54) is 17.2 Å². The van der Waals surface area contributed by atoms with Crippen molar-refractivity contribution in [2.24, 2.45) is 12.8 Å². The number of ether oxygens (including phenoxy) is 1. The summed E-state index contributed by atoms with van der Waals surface area (Å²) >= 11 is 0. The fourth-order valence-electron chi connectivity index (χ4n) is 3.81. The van der Waals surface area contributed by atoms with E-state index >= 15 is 0 Å². The molecule has 1 fully saturated rings. The van der Waals surface area contributed by atoms with Crippen molar-refractivity contribution in [3.05, 3.63) is 48.3 Å². The van der Waals surface area contributed by atoms with Crippen molar-refractivity contribution < 1.29 is 27.6 Å². The molecule has 0 aliphatic carbocycles. The number of alkyl halides is 3. The normalized spacial score (nSPS) is 14.8. The molecule has 1 aromatic carbocycles. The summed E-state index contributed by atoms with van der Waals surface area (Å²) in [6.45, 7) is 3.43. The van der Waals surface area contributed by atoms with Gasteiger partial charge in [-0.05, 0) is 30.3 Å². The molecular formula is C22H25F3N7O2+. The quantitative estimate of drug-likeness (QED) is 0.499. The summed E-state index contributed by atoms with van der Waals surface area (Å²) in [5.74, 6) is -0.892. The van der Waals surface area contributed by atoms with E-state index in [4.69, 9.17) is 5.73 Å². The minimum absolute atomic E-state index is 0.0753. The van der Waals surface area contributed by atoms with E-state index in [0.717, 1.165) is 31.9 Å². The number of piperazine rings is 1. The number of nitrogens with zero attached hydrogens (tertiary/aromatic N) is 4. The summed E-state index contributed by atoms with van der Waals surface area (Å²) in [7, 11) is 3.83. The van der Waals surface area contributed by atoms with Gasteiger partial charge in [-0.15, -0.1) is 13.2 Å². The van der Waals surface area contributed by atoms with E-state index in [9.17, 15) is 18.0 Å². The van der Waals surface area contributed by atoms with Gasteiger partial charge in [-0.3, -0.25) is 4.79 Å². The minimum atomic E-state index is -4.86. The maximum absolute atomic E-state index is 13.0. The molecule has 9 nitrogen and oxygen atoms in total. The van der Waals surface area contributed by atoms with Crippen LogP contribution in [-0.4, -0.2) is 60.0 Å². The predicted octanol–water partition coefficient (Wildman–Crippen LogP) is 1.56. The highest BCUT2D eigenvalue weighted by Gasteiger charge is 2.32. The Labute approximate surface area is 193 Å². The summed E-state index contributed by atoms with van der Waals surface area (Å²) in [6, 6.07) is 7.71. The Hall–Kier alpha value is -3.80. The molecular weight excluding hydrogens is 451 g/mol. The van der Waals surface area contributed by atoms with Crippen LogP contribution in [0.2, 0.25) is 0 Å². The maximum Gasteiger partial charge on any atom is 0.573 e. The summed E-state index contributed by atoms with van der Waals surface area (Å²) in [5.41, 5.74) is 7.58. The molecule has 1 aliphatic rings. The first-order valence-electron chi connectivity index (χ1n) is 10.6. The molecule has 180 valence electrons. The van der Waals surface area contributed by atoms with E-state index in [1.807, 2.05) is 0 Å². The first-order valence-corrected chi connectivity index (χ1v) is 10.6. The molecule has 3 aromatic rings. The third-order valence-electron chi connectivity index (χ3n) is 5.62. The second kappa shape index (κ2) is 9.21. The van der Waals surface area contributed by atoms with Crippen LogP contribution in [0.25, 0.3) is 11.4 Å². The lowest BCUT2D eigenvalue weighted by molar-refractivity contribution is -0.880. The second-order valence-electron chi connectivity index (χ2n) is 8.15. The number of anilines is 3. The maximum atomic E-state index is 13.0. The van der Waals surface area contributed by atoms with E-state index in [0.29, 0.717) is 17.0 Å². The summed E-state index contributed by atoms with van der Waals surface area (Å²) in [6.07, 6.45) is -1.81. The molecule has 0 spiro atoms. The average Bonchev–Trinajstić information content (AvgIpc) is 3.17. The zero-order chi connectivity index (χ0) is 24.5. The molecule has 0 atom stereocenters. The zero-order valence-corrected chi connectivity index (χ0v) is 18.7. The Morgan fingerprint density at radius 3 is 2.59 bits per heavy atom. The SMILES string of the molecule is Cn1cc(C(N)=O)cc1-c1ccnc(Nc2cc(N3CC[NH+](C)CC3)ccc2OC(F)(F)F)n1. The average molecular weight is 476 g/mol. The Morgan fingerprint density at radius 1 is 1.21 bits per heavy atom. The molecule has 2 aromatic heterocycles. The first kappa shape index (κ1) is 23.4. The van der Waals surface area contributed by atoms with Gasteiger partial charge in [0.2, 0.25) is 11.9 Å². The lowest BCUT2D eigenvalue weighted by Gasteiger charge is -2.32. The molecule has 4 N–H and O–H groups in total. The number of rotatable bonds is 6. The van der Waals surface area contributed by atoms with Crippen LogP contribution < -0.4 is 25.6 Å². The topological polar surface area (TPSA) is 103 Å². The largest absolute Gasteiger partial charge is 0.573 e. The Morgan fingerprint density at radius 2 is 1.94 bits per heavy atom. The number of hydrogen-bond donors (Lipinski definition) is 3. The van der Waals surface area contributed by atoms with Crippen molar-refractivity contribution >= 4 is 23.2 Å². The number of nitrogens with two attached hydrogens (primary N) is 1. The molecule has 3 heterocycles. The third-order valence-corrected chi connectivity index (χ3v) is 5.62. The summed E-state index contributed by atoms with van der Waals surface area (Å²) in [4.78, 5) is 23.6.